The van der Waals surface area contributed by atoms with Gasteiger partial charge in [0.05, 0.1) is 20.9 Å². The van der Waals surface area contributed by atoms with Crippen LogP contribution >= 0.6 is 34.3 Å². The van der Waals surface area contributed by atoms with E-state index in [0.717, 1.165) is 21.2 Å². The summed E-state index contributed by atoms with van der Waals surface area (Å²) >= 11 is 9.19. The lowest BCUT2D eigenvalue weighted by molar-refractivity contribution is 0.102. The molecular weight excluding hydrogens is 488 g/mol. The van der Waals surface area contributed by atoms with Crippen LogP contribution in [0.25, 0.3) is 20.3 Å². The van der Waals surface area contributed by atoms with Crippen molar-refractivity contribution in [1.82, 2.24) is 10.3 Å². The van der Waals surface area contributed by atoms with Crippen molar-refractivity contribution in [3.8, 4) is 0 Å². The number of thiophene rings is 1. The van der Waals surface area contributed by atoms with Crippen molar-refractivity contribution in [2.24, 2.45) is 0 Å². The quantitative estimate of drug-likeness (QED) is 0.239. The van der Waals surface area contributed by atoms with Crippen molar-refractivity contribution in [3.05, 3.63) is 87.8 Å². The van der Waals surface area contributed by atoms with E-state index < -0.39 is 0 Å². The van der Waals surface area contributed by atoms with Crippen molar-refractivity contribution in [1.29, 1.82) is 0 Å². The number of nitrogens with one attached hydrogen (secondary N) is 3. The Morgan fingerprint density at radius 1 is 1.00 bits per heavy atom. The predicted molar refractivity (Wildman–Crippen MR) is 141 cm³/mol. The Hall–Kier alpha value is -3.46. The van der Waals surface area contributed by atoms with Crippen LogP contribution in [0.5, 0.6) is 0 Å². The van der Waals surface area contributed by atoms with Crippen molar-refractivity contribution in [2.75, 3.05) is 10.6 Å². The number of hydrogen-bond donors (Lipinski definition) is 3. The largest absolute Gasteiger partial charge is 0.334 e. The normalized spacial score (nSPS) is 11.0. The van der Waals surface area contributed by atoms with Crippen LogP contribution in [0.15, 0.2) is 66.0 Å². The summed E-state index contributed by atoms with van der Waals surface area (Å²) in [6.45, 7) is 2.31. The molecule has 5 rings (SSSR count). The molecule has 2 aromatic heterocycles. The van der Waals surface area contributed by atoms with Gasteiger partial charge in [-0.1, -0.05) is 53.3 Å². The highest BCUT2D eigenvalue weighted by atomic mass is 35.5. The number of aryl methyl sites for hydroxylation is 1. The Morgan fingerprint density at radius 3 is 2.71 bits per heavy atom. The molecule has 34 heavy (non-hydrogen) atoms. The number of hydrogen-bond acceptors (Lipinski definition) is 5. The van der Waals surface area contributed by atoms with Gasteiger partial charge in [-0.05, 0) is 59.1 Å². The molecule has 2 heterocycles. The number of halogens is 1. The first-order valence-electron chi connectivity index (χ1n) is 10.4. The van der Waals surface area contributed by atoms with Gasteiger partial charge in [0.15, 0.2) is 5.13 Å². The molecule has 6 nitrogen and oxygen atoms in total. The molecule has 0 saturated heterocycles. The molecule has 0 atom stereocenters. The number of rotatable bonds is 5. The monoisotopic (exact) mass is 506 g/mol. The van der Waals surface area contributed by atoms with E-state index >= 15 is 0 Å². The number of urea groups is 1. The van der Waals surface area contributed by atoms with E-state index in [9.17, 15) is 9.59 Å². The fraction of sp³-hybridized carbons (Fsp3) is 0.0800. The van der Waals surface area contributed by atoms with Crippen molar-refractivity contribution >= 4 is 77.3 Å². The Morgan fingerprint density at radius 2 is 1.85 bits per heavy atom. The van der Waals surface area contributed by atoms with Gasteiger partial charge in [0.25, 0.3) is 5.91 Å². The Balaban J connectivity index is 1.26. The number of aromatic nitrogens is 1. The molecular formula is C25H19ClN4O2S2. The topological polar surface area (TPSA) is 83.1 Å². The lowest BCUT2D eigenvalue weighted by Crippen LogP contribution is -2.27. The predicted octanol–water partition coefficient (Wildman–Crippen LogP) is 7.05. The van der Waals surface area contributed by atoms with E-state index in [-0.39, 0.29) is 11.9 Å². The van der Waals surface area contributed by atoms with E-state index in [2.05, 4.69) is 38.4 Å². The third-order valence-electron chi connectivity index (χ3n) is 5.33. The molecule has 3 N–H and O–H groups in total. The maximum absolute atomic E-state index is 12.8. The van der Waals surface area contributed by atoms with Gasteiger partial charge >= 0.3 is 6.03 Å². The summed E-state index contributed by atoms with van der Waals surface area (Å²) in [5.41, 5.74) is 3.73. The minimum Gasteiger partial charge on any atom is -0.334 e. The number of fused-ring (bicyclic) bond motifs is 2. The van der Waals surface area contributed by atoms with E-state index in [0.29, 0.717) is 33.5 Å². The number of para-hydroxylation sites is 1. The highest BCUT2D eigenvalue weighted by Crippen LogP contribution is 2.29. The molecule has 3 aromatic carbocycles. The summed E-state index contributed by atoms with van der Waals surface area (Å²) < 4.78 is 1.98. The van der Waals surface area contributed by atoms with E-state index in [1.165, 1.54) is 16.0 Å². The SMILES string of the molecule is Cc1cccc(Cl)c1NC(=O)c1ccc2nc(NC(=O)NCc3csc4ccccc34)sc2c1. The zero-order valence-electron chi connectivity index (χ0n) is 18.0. The van der Waals surface area contributed by atoms with Gasteiger partial charge in [0.2, 0.25) is 0 Å². The Labute approximate surface area is 208 Å². The number of carbonyl (C=O) groups is 2. The summed E-state index contributed by atoms with van der Waals surface area (Å²) in [5.74, 6) is -0.262. The first kappa shape index (κ1) is 22.3. The summed E-state index contributed by atoms with van der Waals surface area (Å²) in [6, 6.07) is 18.5. The number of amides is 3. The Kier molecular flexibility index (Phi) is 6.19. The van der Waals surface area contributed by atoms with Gasteiger partial charge in [-0.25, -0.2) is 9.78 Å². The molecule has 5 aromatic rings. The molecule has 0 aliphatic heterocycles. The average molecular weight is 507 g/mol. The molecule has 0 radical (unpaired) electrons. The van der Waals surface area contributed by atoms with Crippen molar-refractivity contribution in [3.63, 3.8) is 0 Å². The third kappa shape index (κ3) is 4.61. The van der Waals surface area contributed by atoms with Crippen LogP contribution in [0, 0.1) is 6.92 Å². The molecule has 170 valence electrons. The molecule has 0 saturated carbocycles. The fourth-order valence-electron chi connectivity index (χ4n) is 3.58. The van der Waals surface area contributed by atoms with Gasteiger partial charge in [-0.15, -0.1) is 11.3 Å². The van der Waals surface area contributed by atoms with Crippen molar-refractivity contribution < 1.29 is 9.59 Å². The molecule has 0 bridgehead atoms. The lowest BCUT2D eigenvalue weighted by atomic mass is 10.1. The molecule has 0 aliphatic rings. The van der Waals surface area contributed by atoms with Crippen LogP contribution < -0.4 is 16.0 Å². The fourth-order valence-corrected chi connectivity index (χ4v) is 5.71. The van der Waals surface area contributed by atoms with E-state index in [4.69, 9.17) is 11.6 Å². The van der Waals surface area contributed by atoms with Gasteiger partial charge in [-0.3, -0.25) is 10.1 Å². The lowest BCUT2D eigenvalue weighted by Gasteiger charge is -2.10. The van der Waals surface area contributed by atoms with Crippen LogP contribution in [0.3, 0.4) is 0 Å². The van der Waals surface area contributed by atoms with Gasteiger partial charge < -0.3 is 10.6 Å². The second-order valence-corrected chi connectivity index (χ2v) is 10.0. The van der Waals surface area contributed by atoms with Crippen molar-refractivity contribution in [2.45, 2.75) is 13.5 Å². The number of benzene rings is 3. The van der Waals surface area contributed by atoms with Gasteiger partial charge in [0.1, 0.15) is 0 Å². The van der Waals surface area contributed by atoms with E-state index in [1.54, 1.807) is 35.6 Å². The highest BCUT2D eigenvalue weighted by Gasteiger charge is 2.14. The van der Waals surface area contributed by atoms with Crippen LogP contribution in [-0.2, 0) is 6.54 Å². The minimum absolute atomic E-state index is 0.262. The average Bonchev–Trinajstić information content (AvgIpc) is 3.43. The molecule has 0 aliphatic carbocycles. The smallest absolute Gasteiger partial charge is 0.321 e. The molecule has 0 fully saturated rings. The molecule has 9 heteroatoms. The summed E-state index contributed by atoms with van der Waals surface area (Å²) in [4.78, 5) is 29.7. The summed E-state index contributed by atoms with van der Waals surface area (Å²) in [7, 11) is 0. The number of anilines is 2. The molecule has 0 unspecified atom stereocenters. The summed E-state index contributed by atoms with van der Waals surface area (Å²) in [5, 5.41) is 12.7. The van der Waals surface area contributed by atoms with E-state index in [1.807, 2.05) is 31.2 Å². The molecule has 3 amide bonds. The van der Waals surface area contributed by atoms with Crippen LogP contribution in [0.4, 0.5) is 15.6 Å². The standard InChI is InChI=1S/C25H19ClN4O2S2/c1-14-5-4-7-18(26)22(14)29-23(31)15-9-10-19-21(11-15)34-25(28-19)30-24(32)27-12-16-13-33-20-8-3-2-6-17(16)20/h2-11,13H,12H2,1H3,(H,29,31)(H2,27,28,30,32). The number of nitrogens with zero attached hydrogens (tertiary/aromatic N) is 1. The maximum atomic E-state index is 12.8. The highest BCUT2D eigenvalue weighted by molar-refractivity contribution is 7.22. The first-order chi connectivity index (χ1) is 16.5. The van der Waals surface area contributed by atoms with Gasteiger partial charge in [-0.2, -0.15) is 0 Å². The van der Waals surface area contributed by atoms with Crippen LogP contribution in [0.2, 0.25) is 5.02 Å². The summed E-state index contributed by atoms with van der Waals surface area (Å²) in [6.07, 6.45) is 0. The Bertz CT molecular complexity index is 1520. The second kappa shape index (κ2) is 9.42. The number of carbonyl (C=O) groups excluding carboxylic acids is 2. The molecule has 0 spiro atoms. The third-order valence-corrected chi connectivity index (χ3v) is 7.59. The second-order valence-electron chi connectivity index (χ2n) is 7.65. The van der Waals surface area contributed by atoms with Gasteiger partial charge in [0, 0.05) is 16.8 Å². The zero-order valence-corrected chi connectivity index (χ0v) is 20.4. The maximum Gasteiger partial charge on any atom is 0.321 e. The minimum atomic E-state index is -0.332. The first-order valence-corrected chi connectivity index (χ1v) is 12.5. The van der Waals surface area contributed by atoms with Crippen LogP contribution in [-0.4, -0.2) is 16.9 Å². The zero-order chi connectivity index (χ0) is 23.7. The van der Waals surface area contributed by atoms with Crippen LogP contribution in [0.1, 0.15) is 21.5 Å². The number of thiazole rings is 1.